The van der Waals surface area contributed by atoms with Gasteiger partial charge in [-0.15, -0.1) is 0 Å². The SMILES string of the molecule is O=C(O)C[C@@H](NC(=O)C1C[C@@H](NC(=O)c2ccc3c(c2)B(O)OC3)CN1C(=O)c1ccc2c(c1)B(O)OC2)c1ccccc1. The molecule has 14 heteroatoms. The van der Waals surface area contributed by atoms with Crippen LogP contribution in [0.25, 0.3) is 0 Å². The molecule has 3 aromatic carbocycles. The molecule has 0 aliphatic carbocycles. The Morgan fingerprint density at radius 1 is 0.886 bits per heavy atom. The minimum atomic E-state index is -1.17. The monoisotopic (exact) mass is 597 g/mol. The zero-order valence-corrected chi connectivity index (χ0v) is 23.5. The van der Waals surface area contributed by atoms with Crippen LogP contribution in [0.3, 0.4) is 0 Å². The van der Waals surface area contributed by atoms with Crippen molar-refractivity contribution in [2.24, 2.45) is 0 Å². The number of rotatable bonds is 8. The molecule has 3 aliphatic heterocycles. The number of hydrogen-bond acceptors (Lipinski definition) is 8. The van der Waals surface area contributed by atoms with Crippen molar-refractivity contribution in [2.45, 2.75) is 44.2 Å². The van der Waals surface area contributed by atoms with Crippen LogP contribution in [0.4, 0.5) is 0 Å². The lowest BCUT2D eigenvalue weighted by atomic mass is 9.78. The first-order chi connectivity index (χ1) is 21.2. The summed E-state index contributed by atoms with van der Waals surface area (Å²) in [5, 5.41) is 35.4. The number of carbonyl (C=O) groups is 4. The number of nitrogens with one attached hydrogen (secondary N) is 2. The van der Waals surface area contributed by atoms with Gasteiger partial charge in [-0.1, -0.05) is 42.5 Å². The summed E-state index contributed by atoms with van der Waals surface area (Å²) in [7, 11) is -2.29. The third kappa shape index (κ3) is 5.97. The van der Waals surface area contributed by atoms with Crippen LogP contribution < -0.4 is 21.6 Å². The number of benzene rings is 3. The van der Waals surface area contributed by atoms with Crippen molar-refractivity contribution in [3.05, 3.63) is 94.5 Å². The summed E-state index contributed by atoms with van der Waals surface area (Å²) in [6, 6.07) is 15.9. The van der Waals surface area contributed by atoms with Gasteiger partial charge in [-0.25, -0.2) is 0 Å². The molecule has 224 valence electrons. The summed E-state index contributed by atoms with van der Waals surface area (Å²) in [5.41, 5.74) is 3.62. The van der Waals surface area contributed by atoms with E-state index in [1.54, 1.807) is 60.7 Å². The molecule has 3 aromatic rings. The molecule has 0 radical (unpaired) electrons. The van der Waals surface area contributed by atoms with Crippen LogP contribution in [-0.2, 0) is 32.1 Å². The Balaban J connectivity index is 1.25. The highest BCUT2D eigenvalue weighted by Gasteiger charge is 2.42. The standard InChI is InChI=1S/C30H29B2N3O9/c36-27(37)13-25(17-4-2-1-3-5-17)34-29(39)26-12-22(33-28(38)18-6-8-20-15-43-31(41)23(20)10-18)14-35(26)30(40)19-7-9-21-16-44-32(42)24(21)11-19/h1-11,22,25-26,41-42H,12-16H2,(H,33,38)(H,34,39)(H,36,37)/t22-,25-,26?/m1/s1. The molecule has 0 bridgehead atoms. The van der Waals surface area contributed by atoms with E-state index in [9.17, 15) is 34.3 Å². The Hall–Kier alpha value is -4.49. The maximum absolute atomic E-state index is 13.8. The molecule has 6 rings (SSSR count). The van der Waals surface area contributed by atoms with Gasteiger partial charge in [0.2, 0.25) is 5.91 Å². The van der Waals surface area contributed by atoms with Gasteiger partial charge >= 0.3 is 20.2 Å². The topological polar surface area (TPSA) is 175 Å². The molecule has 3 heterocycles. The number of carboxylic acid groups (broad SMARTS) is 1. The predicted octanol–water partition coefficient (Wildman–Crippen LogP) is -0.533. The van der Waals surface area contributed by atoms with E-state index >= 15 is 0 Å². The quantitative estimate of drug-likeness (QED) is 0.214. The number of fused-ring (bicyclic) bond motifs is 2. The molecule has 5 N–H and O–H groups in total. The maximum Gasteiger partial charge on any atom is 0.491 e. The summed E-state index contributed by atoms with van der Waals surface area (Å²) < 4.78 is 10.5. The molecule has 0 aromatic heterocycles. The molecule has 3 aliphatic rings. The summed E-state index contributed by atoms with van der Waals surface area (Å²) in [5.74, 6) is -2.60. The minimum absolute atomic E-state index is 0.00437. The van der Waals surface area contributed by atoms with Crippen molar-refractivity contribution < 1.29 is 43.6 Å². The zero-order valence-electron chi connectivity index (χ0n) is 23.5. The average molecular weight is 597 g/mol. The molecule has 0 spiro atoms. The second kappa shape index (κ2) is 12.2. The molecule has 1 unspecified atom stereocenters. The third-order valence-electron chi connectivity index (χ3n) is 8.22. The third-order valence-corrected chi connectivity index (χ3v) is 8.22. The fourth-order valence-corrected chi connectivity index (χ4v) is 5.93. The predicted molar refractivity (Wildman–Crippen MR) is 158 cm³/mol. The van der Waals surface area contributed by atoms with Crippen LogP contribution >= 0.6 is 0 Å². The fraction of sp³-hybridized carbons (Fsp3) is 0.267. The largest absolute Gasteiger partial charge is 0.491 e. The first kappa shape index (κ1) is 29.6. The van der Waals surface area contributed by atoms with Crippen molar-refractivity contribution in [3.8, 4) is 0 Å². The van der Waals surface area contributed by atoms with Gasteiger partial charge in [0.05, 0.1) is 25.7 Å². The number of amides is 3. The second-order valence-electron chi connectivity index (χ2n) is 11.1. The highest BCUT2D eigenvalue weighted by molar-refractivity contribution is 6.62. The van der Waals surface area contributed by atoms with Gasteiger partial charge in [0.15, 0.2) is 0 Å². The van der Waals surface area contributed by atoms with Gasteiger partial charge < -0.3 is 40.0 Å². The molecule has 0 saturated carbocycles. The number of aliphatic carboxylic acids is 1. The normalized spacial score (nSPS) is 19.4. The van der Waals surface area contributed by atoms with E-state index in [2.05, 4.69) is 10.6 Å². The van der Waals surface area contributed by atoms with Crippen molar-refractivity contribution in [3.63, 3.8) is 0 Å². The highest BCUT2D eigenvalue weighted by atomic mass is 16.5. The number of nitrogens with zero attached hydrogens (tertiary/aromatic N) is 1. The van der Waals surface area contributed by atoms with E-state index in [1.165, 1.54) is 11.0 Å². The van der Waals surface area contributed by atoms with E-state index in [4.69, 9.17) is 9.31 Å². The fourth-order valence-electron chi connectivity index (χ4n) is 5.93. The van der Waals surface area contributed by atoms with Crippen molar-refractivity contribution in [2.75, 3.05) is 6.54 Å². The van der Waals surface area contributed by atoms with Gasteiger partial charge in [-0.3, -0.25) is 19.2 Å². The lowest BCUT2D eigenvalue weighted by molar-refractivity contribution is -0.138. The van der Waals surface area contributed by atoms with E-state index in [0.29, 0.717) is 16.5 Å². The number of likely N-dealkylation sites (tertiary alicyclic amines) is 1. The second-order valence-corrected chi connectivity index (χ2v) is 11.1. The summed E-state index contributed by atoms with van der Waals surface area (Å²) in [6.07, 6.45) is -0.293. The molecule has 3 amide bonds. The molecule has 1 saturated heterocycles. The van der Waals surface area contributed by atoms with Crippen molar-refractivity contribution in [1.29, 1.82) is 0 Å². The molecule has 1 fully saturated rings. The van der Waals surface area contributed by atoms with E-state index < -0.39 is 56.1 Å². The van der Waals surface area contributed by atoms with Crippen LogP contribution in [0.5, 0.6) is 0 Å². The Kier molecular flexibility index (Phi) is 8.23. The van der Waals surface area contributed by atoms with Gasteiger partial charge in [-0.05, 0) is 58.3 Å². The van der Waals surface area contributed by atoms with Gasteiger partial charge in [0.25, 0.3) is 11.8 Å². The van der Waals surface area contributed by atoms with E-state index in [0.717, 1.165) is 11.1 Å². The maximum atomic E-state index is 13.8. The Labute approximate surface area is 253 Å². The van der Waals surface area contributed by atoms with Crippen molar-refractivity contribution >= 4 is 48.9 Å². The lowest BCUT2D eigenvalue weighted by Crippen LogP contribution is -2.47. The Morgan fingerprint density at radius 2 is 1.50 bits per heavy atom. The van der Waals surface area contributed by atoms with E-state index in [-0.39, 0.29) is 43.7 Å². The molecular weight excluding hydrogens is 568 g/mol. The van der Waals surface area contributed by atoms with Crippen LogP contribution in [0.1, 0.15) is 56.3 Å². The molecule has 12 nitrogen and oxygen atoms in total. The van der Waals surface area contributed by atoms with Gasteiger partial charge in [0.1, 0.15) is 6.04 Å². The lowest BCUT2D eigenvalue weighted by Gasteiger charge is -2.26. The Morgan fingerprint density at radius 3 is 2.14 bits per heavy atom. The van der Waals surface area contributed by atoms with Gasteiger partial charge in [-0.2, -0.15) is 0 Å². The van der Waals surface area contributed by atoms with Gasteiger partial charge in [0, 0.05) is 23.7 Å². The summed E-state index contributed by atoms with van der Waals surface area (Å²) in [4.78, 5) is 53.8. The Bertz CT molecular complexity index is 1620. The minimum Gasteiger partial charge on any atom is -0.481 e. The van der Waals surface area contributed by atoms with Crippen molar-refractivity contribution in [1.82, 2.24) is 15.5 Å². The summed E-state index contributed by atoms with van der Waals surface area (Å²) >= 11 is 0. The molecular formula is C30H29B2N3O9. The van der Waals surface area contributed by atoms with E-state index in [1.807, 2.05) is 0 Å². The van der Waals surface area contributed by atoms with Crippen LogP contribution in [0.15, 0.2) is 66.7 Å². The molecule has 3 atom stereocenters. The first-order valence-corrected chi connectivity index (χ1v) is 14.2. The highest BCUT2D eigenvalue weighted by Crippen LogP contribution is 2.25. The smallest absolute Gasteiger partial charge is 0.481 e. The first-order valence-electron chi connectivity index (χ1n) is 14.2. The number of hydrogen-bond donors (Lipinski definition) is 5. The van der Waals surface area contributed by atoms with Crippen LogP contribution in [0.2, 0.25) is 0 Å². The molecule has 44 heavy (non-hydrogen) atoms. The number of carboxylic acids is 1. The zero-order chi connectivity index (χ0) is 31.0. The summed E-state index contributed by atoms with van der Waals surface area (Å²) in [6.45, 7) is 0.459. The van der Waals surface area contributed by atoms with Crippen LogP contribution in [0, 0.1) is 0 Å². The van der Waals surface area contributed by atoms with Crippen LogP contribution in [-0.4, -0.2) is 76.6 Å². The average Bonchev–Trinajstić information content (AvgIpc) is 3.73. The number of carbonyl (C=O) groups excluding carboxylic acids is 3.